The van der Waals surface area contributed by atoms with Crippen LogP contribution in [0.25, 0.3) is 43.9 Å². The molecule has 0 atom stereocenters. The number of rotatable bonds is 2. The van der Waals surface area contributed by atoms with Crippen LogP contribution in [-0.2, 0) is 39.8 Å². The van der Waals surface area contributed by atoms with E-state index < -0.39 is 0 Å². The Morgan fingerprint density at radius 2 is 1.67 bits per heavy atom. The van der Waals surface area contributed by atoms with E-state index in [2.05, 4.69) is 83.9 Å². The molecule has 0 amide bonds. The topological polar surface area (TPSA) is 29.7 Å². The van der Waals surface area contributed by atoms with Gasteiger partial charge in [-0.05, 0) is 15.9 Å². The summed E-state index contributed by atoms with van der Waals surface area (Å²) in [6, 6.07) is 28.3. The summed E-state index contributed by atoms with van der Waals surface area (Å²) in [7, 11) is 1.97. The van der Waals surface area contributed by atoms with E-state index in [1.54, 1.807) is 12.5 Å². The van der Waals surface area contributed by atoms with Gasteiger partial charge in [0.25, 0.3) is 0 Å². The van der Waals surface area contributed by atoms with Crippen molar-refractivity contribution in [2.24, 2.45) is 7.05 Å². The summed E-state index contributed by atoms with van der Waals surface area (Å²) in [5.41, 5.74) is 5.26. The smallest absolute Gasteiger partial charge is 0.262 e. The second kappa shape index (κ2) is 9.16. The van der Waals surface area contributed by atoms with Gasteiger partial charge in [-0.15, -0.1) is 34.5 Å². The molecule has 0 bridgehead atoms. The van der Waals surface area contributed by atoms with Crippen molar-refractivity contribution in [1.82, 2.24) is 10.2 Å². The van der Waals surface area contributed by atoms with Gasteiger partial charge in [0.05, 0.1) is 24.0 Å². The van der Waals surface area contributed by atoms with Gasteiger partial charge in [-0.1, -0.05) is 42.8 Å². The quantitative estimate of drug-likeness (QED) is 0.169. The third-order valence-electron chi connectivity index (χ3n) is 5.25. The van der Waals surface area contributed by atoms with Crippen LogP contribution < -0.4 is 4.57 Å². The van der Waals surface area contributed by atoms with E-state index in [1.165, 1.54) is 21.5 Å². The van der Waals surface area contributed by atoms with E-state index >= 15 is 0 Å². The second-order valence-corrected chi connectivity index (χ2v) is 7.00. The van der Waals surface area contributed by atoms with Crippen LogP contribution in [0.1, 0.15) is 5.56 Å². The Morgan fingerprint density at radius 3 is 2.50 bits per heavy atom. The van der Waals surface area contributed by atoms with Gasteiger partial charge in [0.1, 0.15) is 0 Å². The molecule has 0 spiro atoms. The first-order valence-electron chi connectivity index (χ1n) is 9.24. The monoisotopic (exact) mass is 460 g/mol. The van der Waals surface area contributed by atoms with Crippen LogP contribution in [0.15, 0.2) is 73.2 Å². The molecule has 0 N–H and O–H groups in total. The average Bonchev–Trinajstić information content (AvgIpc) is 2.74. The molecule has 4 radical (unpaired) electrons. The first kappa shape index (κ1) is 22.3. The van der Waals surface area contributed by atoms with Crippen LogP contribution in [0.2, 0.25) is 0 Å². The van der Waals surface area contributed by atoms with Gasteiger partial charge in [0.15, 0.2) is 0 Å². The summed E-state index contributed by atoms with van der Waals surface area (Å²) in [6.45, 7) is 2.09. The molecule has 4 aromatic carbocycles. The third-order valence-corrected chi connectivity index (χ3v) is 5.25. The Labute approximate surface area is 203 Å². The van der Waals surface area contributed by atoms with Crippen LogP contribution in [0, 0.1) is 19.1 Å². The van der Waals surface area contributed by atoms with Gasteiger partial charge >= 0.3 is 6.33 Å². The molecule has 0 unspecified atom stereocenters. The third kappa shape index (κ3) is 3.82. The fourth-order valence-electron chi connectivity index (χ4n) is 3.77. The summed E-state index contributed by atoms with van der Waals surface area (Å²) in [6.07, 6.45) is 3.49. The molecule has 1 aromatic heterocycles. The molecule has 0 saturated heterocycles. The molecule has 0 aliphatic carbocycles. The summed E-state index contributed by atoms with van der Waals surface area (Å²) < 4.78 is 1.97. The van der Waals surface area contributed by atoms with E-state index in [4.69, 9.17) is 0 Å². The van der Waals surface area contributed by atoms with E-state index in [0.29, 0.717) is 0 Å². The van der Waals surface area contributed by atoms with Crippen molar-refractivity contribution in [3.8, 4) is 22.4 Å². The molecule has 0 aliphatic heterocycles. The first-order valence-corrected chi connectivity index (χ1v) is 9.24. The van der Waals surface area contributed by atoms with Crippen molar-refractivity contribution >= 4 is 30.0 Å². The maximum atomic E-state index is 4.05. The molecular weight excluding hydrogens is 442 g/mol. The van der Waals surface area contributed by atoms with Gasteiger partial charge < -0.3 is 0 Å². The SMILES string of the molecule is Cc1ccc(-c2[c-]ccc3c2ccc2ccccc23)[c-]c1-c1cnnc[n+]1C.[B].[Y]. The molecular formula is C25H18BN3Y-. The molecule has 0 fully saturated rings. The predicted molar refractivity (Wildman–Crippen MR) is 117 cm³/mol. The average molecular weight is 460 g/mol. The summed E-state index contributed by atoms with van der Waals surface area (Å²) in [4.78, 5) is 0. The van der Waals surface area contributed by atoms with E-state index in [1.807, 2.05) is 17.7 Å². The minimum Gasteiger partial charge on any atom is -0.262 e. The number of nitrogens with zero attached hydrogens (tertiary/aromatic N) is 3. The Kier molecular flexibility index (Phi) is 6.80. The summed E-state index contributed by atoms with van der Waals surface area (Å²) in [5.74, 6) is 0. The molecule has 3 nitrogen and oxygen atoms in total. The van der Waals surface area contributed by atoms with E-state index in [-0.39, 0.29) is 41.1 Å². The Balaban J connectivity index is 0.00000128. The molecule has 5 heteroatoms. The molecule has 30 heavy (non-hydrogen) atoms. The van der Waals surface area contributed by atoms with E-state index in [0.717, 1.165) is 27.9 Å². The molecule has 0 aliphatic rings. The van der Waals surface area contributed by atoms with Gasteiger partial charge in [-0.2, -0.15) is 29.8 Å². The Morgan fingerprint density at radius 1 is 0.833 bits per heavy atom. The number of aryl methyl sites for hydroxylation is 2. The largest absolute Gasteiger partial charge is 0.308 e. The zero-order chi connectivity index (χ0) is 19.1. The van der Waals surface area contributed by atoms with Gasteiger partial charge in [0.2, 0.25) is 0 Å². The normalized spacial score (nSPS) is 10.5. The Bertz CT molecular complexity index is 1350. The fourth-order valence-corrected chi connectivity index (χ4v) is 3.77. The van der Waals surface area contributed by atoms with E-state index in [9.17, 15) is 0 Å². The molecule has 0 saturated carbocycles. The molecule has 140 valence electrons. The number of benzene rings is 4. The standard InChI is InChI=1S/C25H18N3.B.Y/c1-17-10-11-19(14-24(17)25-15-26-27-16-28(25)2)21-8-5-9-22-20-7-4-3-6-18(20)12-13-23(21)22;;/h3-7,9-13,15-16H,1-2H3;;/q-1;;. The number of fused-ring (bicyclic) bond motifs is 3. The van der Waals surface area contributed by atoms with Crippen molar-refractivity contribution in [1.29, 1.82) is 0 Å². The minimum atomic E-state index is 0. The van der Waals surface area contributed by atoms with Gasteiger partial charge in [-0.3, -0.25) is 4.57 Å². The zero-order valence-electron chi connectivity index (χ0n) is 16.9. The maximum absolute atomic E-state index is 4.05. The molecule has 5 aromatic rings. The van der Waals surface area contributed by atoms with Crippen LogP contribution in [0.5, 0.6) is 0 Å². The minimum absolute atomic E-state index is 0. The molecule has 5 rings (SSSR count). The van der Waals surface area contributed by atoms with Crippen molar-refractivity contribution < 1.29 is 37.3 Å². The van der Waals surface area contributed by atoms with Crippen molar-refractivity contribution in [3.05, 3.63) is 90.9 Å². The van der Waals surface area contributed by atoms with Crippen molar-refractivity contribution in [2.75, 3.05) is 0 Å². The van der Waals surface area contributed by atoms with Crippen molar-refractivity contribution in [2.45, 2.75) is 6.92 Å². The van der Waals surface area contributed by atoms with Crippen LogP contribution in [0.3, 0.4) is 0 Å². The number of hydrogen-bond donors (Lipinski definition) is 0. The maximum Gasteiger partial charge on any atom is 0.308 e. The first-order chi connectivity index (χ1) is 13.7. The number of aromatic nitrogens is 3. The van der Waals surface area contributed by atoms with Crippen molar-refractivity contribution in [3.63, 3.8) is 0 Å². The van der Waals surface area contributed by atoms with Crippen LogP contribution in [-0.4, -0.2) is 18.6 Å². The predicted octanol–water partition coefficient (Wildman–Crippen LogP) is 4.47. The zero-order valence-corrected chi connectivity index (χ0v) is 19.8. The molecule has 1 heterocycles. The van der Waals surface area contributed by atoms with Gasteiger partial charge in [0, 0.05) is 41.1 Å². The fraction of sp³-hybridized carbons (Fsp3) is 0.0800. The van der Waals surface area contributed by atoms with Gasteiger partial charge in [-0.25, -0.2) is 5.56 Å². The Hall–Kier alpha value is -2.42. The second-order valence-electron chi connectivity index (χ2n) is 7.00. The number of hydrogen-bond acceptors (Lipinski definition) is 2. The van der Waals surface area contributed by atoms with Crippen LogP contribution in [0.4, 0.5) is 0 Å². The summed E-state index contributed by atoms with van der Waals surface area (Å²) in [5, 5.41) is 12.9. The van der Waals surface area contributed by atoms with Crippen LogP contribution >= 0.6 is 0 Å². The summed E-state index contributed by atoms with van der Waals surface area (Å²) >= 11 is 0.